The number of nitrogens with one attached hydrogen (secondary N) is 2. The molecule has 27 heavy (non-hydrogen) atoms. The molecule has 140 valence electrons. The average Bonchev–Trinajstić information content (AvgIpc) is 3.14. The number of benzene rings is 1. The molecule has 0 radical (unpaired) electrons. The van der Waals surface area contributed by atoms with Crippen molar-refractivity contribution < 1.29 is 14.3 Å². The van der Waals surface area contributed by atoms with Crippen LogP contribution in [0.2, 0.25) is 0 Å². The molecular formula is C19H20N4O4. The number of hydrogen-bond acceptors (Lipinski definition) is 6. The summed E-state index contributed by atoms with van der Waals surface area (Å²) in [5.74, 6) is -0.670. The Labute approximate surface area is 155 Å². The lowest BCUT2D eigenvalue weighted by molar-refractivity contribution is -0.148. The second-order valence-corrected chi connectivity index (χ2v) is 6.64. The standard InChI is InChI=1S/C19H20N4O4/c20-12-19(9-3-4-10-19)23-16(24)11-27-17(25)8-7-15-21-14-6-2-1-5-13(14)18(26)22-15/h1-2,5-6H,3-4,7-11H2,(H,23,24)(H,21,22,26). The quantitative estimate of drug-likeness (QED) is 0.742. The minimum atomic E-state index is -0.835. The van der Waals surface area contributed by atoms with Crippen LogP contribution in [0.1, 0.15) is 37.9 Å². The van der Waals surface area contributed by atoms with Crippen molar-refractivity contribution in [2.24, 2.45) is 0 Å². The van der Waals surface area contributed by atoms with Crippen LogP contribution in [-0.2, 0) is 20.7 Å². The number of carbonyl (C=O) groups excluding carboxylic acids is 2. The Morgan fingerprint density at radius 2 is 2.04 bits per heavy atom. The third-order valence-corrected chi connectivity index (χ3v) is 4.64. The number of hydrogen-bond donors (Lipinski definition) is 2. The monoisotopic (exact) mass is 368 g/mol. The fourth-order valence-corrected chi connectivity index (χ4v) is 3.24. The van der Waals surface area contributed by atoms with E-state index in [1.807, 2.05) is 0 Å². The van der Waals surface area contributed by atoms with Crippen molar-refractivity contribution in [3.8, 4) is 6.07 Å². The van der Waals surface area contributed by atoms with Crippen LogP contribution in [0.4, 0.5) is 0 Å². The number of fused-ring (bicyclic) bond motifs is 1. The first-order valence-corrected chi connectivity index (χ1v) is 8.87. The van der Waals surface area contributed by atoms with Crippen molar-refractivity contribution in [1.29, 1.82) is 5.26 Å². The minimum Gasteiger partial charge on any atom is -0.456 e. The van der Waals surface area contributed by atoms with Crippen molar-refractivity contribution in [3.05, 3.63) is 40.4 Å². The Hall–Kier alpha value is -3.21. The number of para-hydroxylation sites is 1. The number of aryl methyl sites for hydroxylation is 1. The molecule has 1 aromatic heterocycles. The molecule has 1 aromatic carbocycles. The third kappa shape index (κ3) is 4.50. The van der Waals surface area contributed by atoms with E-state index in [-0.39, 0.29) is 18.4 Å². The number of amides is 1. The molecule has 1 heterocycles. The van der Waals surface area contributed by atoms with Crippen LogP contribution in [0.15, 0.2) is 29.1 Å². The average molecular weight is 368 g/mol. The molecule has 1 amide bonds. The molecule has 2 N–H and O–H groups in total. The van der Waals surface area contributed by atoms with E-state index >= 15 is 0 Å². The first-order chi connectivity index (χ1) is 13.0. The van der Waals surface area contributed by atoms with Crippen LogP contribution in [0.25, 0.3) is 10.9 Å². The fourth-order valence-electron chi connectivity index (χ4n) is 3.24. The number of nitrogens with zero attached hydrogens (tertiary/aromatic N) is 2. The molecule has 0 unspecified atom stereocenters. The van der Waals surface area contributed by atoms with Gasteiger partial charge < -0.3 is 15.0 Å². The molecule has 1 aliphatic rings. The molecule has 8 nitrogen and oxygen atoms in total. The summed E-state index contributed by atoms with van der Waals surface area (Å²) in [6.07, 6.45) is 3.20. The molecule has 2 aromatic rings. The SMILES string of the molecule is N#CC1(NC(=O)COC(=O)CCc2nc3ccccc3c(=O)[nH]2)CCCC1. The molecule has 0 aliphatic heterocycles. The lowest BCUT2D eigenvalue weighted by atomic mass is 10.00. The Morgan fingerprint density at radius 1 is 1.30 bits per heavy atom. The smallest absolute Gasteiger partial charge is 0.306 e. The minimum absolute atomic E-state index is 0.0159. The molecule has 8 heteroatoms. The maximum atomic E-state index is 12.0. The van der Waals surface area contributed by atoms with E-state index in [1.54, 1.807) is 24.3 Å². The highest BCUT2D eigenvalue weighted by Gasteiger charge is 2.35. The van der Waals surface area contributed by atoms with Crippen LogP contribution in [-0.4, -0.2) is 34.0 Å². The van der Waals surface area contributed by atoms with E-state index in [0.29, 0.717) is 29.6 Å². The van der Waals surface area contributed by atoms with Gasteiger partial charge in [0, 0.05) is 6.42 Å². The predicted molar refractivity (Wildman–Crippen MR) is 96.6 cm³/mol. The summed E-state index contributed by atoms with van der Waals surface area (Å²) >= 11 is 0. The van der Waals surface area contributed by atoms with Crippen molar-refractivity contribution in [3.63, 3.8) is 0 Å². The van der Waals surface area contributed by atoms with Crippen LogP contribution in [0, 0.1) is 11.3 Å². The van der Waals surface area contributed by atoms with Crippen molar-refractivity contribution in [1.82, 2.24) is 15.3 Å². The molecular weight excluding hydrogens is 348 g/mol. The lowest BCUT2D eigenvalue weighted by Crippen LogP contribution is -2.46. The first kappa shape index (κ1) is 18.6. The Kier molecular flexibility index (Phi) is 5.50. The van der Waals surface area contributed by atoms with Gasteiger partial charge in [-0.05, 0) is 37.8 Å². The highest BCUT2D eigenvalue weighted by molar-refractivity contribution is 5.81. The van der Waals surface area contributed by atoms with Gasteiger partial charge in [0.15, 0.2) is 6.61 Å². The predicted octanol–water partition coefficient (Wildman–Crippen LogP) is 1.35. The first-order valence-electron chi connectivity index (χ1n) is 8.87. The molecule has 1 fully saturated rings. The topological polar surface area (TPSA) is 125 Å². The number of nitriles is 1. The molecule has 0 atom stereocenters. The van der Waals surface area contributed by atoms with E-state index in [9.17, 15) is 19.6 Å². The maximum Gasteiger partial charge on any atom is 0.306 e. The third-order valence-electron chi connectivity index (χ3n) is 4.64. The van der Waals surface area contributed by atoms with Gasteiger partial charge >= 0.3 is 5.97 Å². The van der Waals surface area contributed by atoms with E-state index in [2.05, 4.69) is 21.4 Å². The summed E-state index contributed by atoms with van der Waals surface area (Å²) in [5, 5.41) is 12.4. The largest absolute Gasteiger partial charge is 0.456 e. The summed E-state index contributed by atoms with van der Waals surface area (Å²) in [6.45, 7) is -0.427. The van der Waals surface area contributed by atoms with Crippen LogP contribution >= 0.6 is 0 Å². The zero-order chi connectivity index (χ0) is 19.3. The van der Waals surface area contributed by atoms with Gasteiger partial charge in [-0.1, -0.05) is 12.1 Å². The van der Waals surface area contributed by atoms with Gasteiger partial charge in [0.1, 0.15) is 11.4 Å². The van der Waals surface area contributed by atoms with Gasteiger partial charge in [-0.2, -0.15) is 5.26 Å². The second-order valence-electron chi connectivity index (χ2n) is 6.64. The van der Waals surface area contributed by atoms with Crippen molar-refractivity contribution in [2.45, 2.75) is 44.1 Å². The van der Waals surface area contributed by atoms with E-state index in [4.69, 9.17) is 4.74 Å². The van der Waals surface area contributed by atoms with Crippen LogP contribution in [0.5, 0.6) is 0 Å². The number of H-pyrrole nitrogens is 1. The van der Waals surface area contributed by atoms with Gasteiger partial charge in [-0.15, -0.1) is 0 Å². The number of aromatic nitrogens is 2. The number of aromatic amines is 1. The summed E-state index contributed by atoms with van der Waals surface area (Å²) in [4.78, 5) is 42.7. The number of carbonyl (C=O) groups is 2. The summed E-state index contributed by atoms with van der Waals surface area (Å²) in [7, 11) is 0. The maximum absolute atomic E-state index is 12.0. The van der Waals surface area contributed by atoms with Crippen LogP contribution in [0.3, 0.4) is 0 Å². The zero-order valence-corrected chi connectivity index (χ0v) is 14.8. The molecule has 3 rings (SSSR count). The van der Waals surface area contributed by atoms with Crippen molar-refractivity contribution in [2.75, 3.05) is 6.61 Å². The number of ether oxygens (including phenoxy) is 1. The molecule has 0 saturated heterocycles. The van der Waals surface area contributed by atoms with Gasteiger partial charge in [-0.25, -0.2) is 4.98 Å². The molecule has 1 aliphatic carbocycles. The normalized spacial score (nSPS) is 15.2. The van der Waals surface area contributed by atoms with Gasteiger partial charge in [0.2, 0.25) is 0 Å². The highest BCUT2D eigenvalue weighted by Crippen LogP contribution is 2.28. The van der Waals surface area contributed by atoms with E-state index in [1.165, 1.54) is 0 Å². The number of esters is 1. The van der Waals surface area contributed by atoms with E-state index in [0.717, 1.165) is 12.8 Å². The molecule has 0 bridgehead atoms. The fraction of sp³-hybridized carbons (Fsp3) is 0.421. The summed E-state index contributed by atoms with van der Waals surface area (Å²) < 4.78 is 4.96. The van der Waals surface area contributed by atoms with Crippen LogP contribution < -0.4 is 10.9 Å². The van der Waals surface area contributed by atoms with Gasteiger partial charge in [0.05, 0.1) is 23.4 Å². The highest BCUT2D eigenvalue weighted by atomic mass is 16.5. The zero-order valence-electron chi connectivity index (χ0n) is 14.8. The van der Waals surface area contributed by atoms with Crippen molar-refractivity contribution >= 4 is 22.8 Å². The number of rotatable bonds is 6. The van der Waals surface area contributed by atoms with E-state index < -0.39 is 24.0 Å². The summed E-state index contributed by atoms with van der Waals surface area (Å²) in [5.41, 5.74) is -0.540. The molecule has 1 saturated carbocycles. The second kappa shape index (κ2) is 7.99. The summed E-state index contributed by atoms with van der Waals surface area (Å²) in [6, 6.07) is 9.09. The Morgan fingerprint density at radius 3 is 2.78 bits per heavy atom. The Balaban J connectivity index is 1.49. The van der Waals surface area contributed by atoms with Gasteiger partial charge in [0.25, 0.3) is 11.5 Å². The lowest BCUT2D eigenvalue weighted by Gasteiger charge is -2.21. The molecule has 0 spiro atoms. The van der Waals surface area contributed by atoms with Gasteiger partial charge in [-0.3, -0.25) is 14.4 Å². The Bertz CT molecular complexity index is 954.